The third kappa shape index (κ3) is 5.38. The first-order chi connectivity index (χ1) is 6.54. The predicted octanol–water partition coefficient (Wildman–Crippen LogP) is 3.08. The quantitative estimate of drug-likeness (QED) is 0.611. The number of aliphatic hydroxyl groups is 1. The van der Waals surface area contributed by atoms with Crippen LogP contribution in [0.5, 0.6) is 0 Å². The molecule has 2 nitrogen and oxygen atoms in total. The second kappa shape index (κ2) is 6.99. The Morgan fingerprint density at radius 2 is 1.71 bits per heavy atom. The Bertz CT molecular complexity index is 162. The Labute approximate surface area is 87.7 Å². The SMILES string of the molecule is CCCCCCCC(=O)C(C)(O)CC. The molecule has 84 valence electrons. The zero-order valence-corrected chi connectivity index (χ0v) is 9.81. The third-order valence-electron chi connectivity index (χ3n) is 2.80. The van der Waals surface area contributed by atoms with Crippen LogP contribution in [0, 0.1) is 0 Å². The van der Waals surface area contributed by atoms with Crippen LogP contribution in [0.15, 0.2) is 0 Å². The third-order valence-corrected chi connectivity index (χ3v) is 2.80. The average molecular weight is 200 g/mol. The molecule has 0 aromatic heterocycles. The van der Waals surface area contributed by atoms with E-state index >= 15 is 0 Å². The molecule has 0 saturated heterocycles. The zero-order valence-electron chi connectivity index (χ0n) is 9.81. The molecular weight excluding hydrogens is 176 g/mol. The maximum atomic E-state index is 11.5. The summed E-state index contributed by atoms with van der Waals surface area (Å²) < 4.78 is 0. The highest BCUT2D eigenvalue weighted by Gasteiger charge is 2.26. The van der Waals surface area contributed by atoms with Crippen LogP contribution in [0.25, 0.3) is 0 Å². The van der Waals surface area contributed by atoms with Gasteiger partial charge in [0, 0.05) is 6.42 Å². The summed E-state index contributed by atoms with van der Waals surface area (Å²) in [5.74, 6) is -0.00324. The van der Waals surface area contributed by atoms with Crippen molar-refractivity contribution in [2.75, 3.05) is 0 Å². The standard InChI is InChI=1S/C12H24O2/c1-4-6-7-8-9-10-11(13)12(3,14)5-2/h14H,4-10H2,1-3H3. The van der Waals surface area contributed by atoms with Crippen LogP contribution < -0.4 is 0 Å². The lowest BCUT2D eigenvalue weighted by Gasteiger charge is -2.19. The smallest absolute Gasteiger partial charge is 0.164 e. The molecule has 2 heteroatoms. The Morgan fingerprint density at radius 3 is 2.21 bits per heavy atom. The van der Waals surface area contributed by atoms with Crippen LogP contribution in [-0.2, 0) is 4.79 Å². The maximum absolute atomic E-state index is 11.5. The summed E-state index contributed by atoms with van der Waals surface area (Å²) in [5.41, 5.74) is -1.09. The molecule has 0 heterocycles. The van der Waals surface area contributed by atoms with Crippen molar-refractivity contribution in [2.45, 2.75) is 71.3 Å². The van der Waals surface area contributed by atoms with Gasteiger partial charge in [0.05, 0.1) is 0 Å². The summed E-state index contributed by atoms with van der Waals surface area (Å²) in [6, 6.07) is 0. The number of rotatable bonds is 8. The molecule has 0 bridgehead atoms. The fourth-order valence-corrected chi connectivity index (χ4v) is 1.36. The Balaban J connectivity index is 3.54. The van der Waals surface area contributed by atoms with Crippen LogP contribution in [0.2, 0.25) is 0 Å². The lowest BCUT2D eigenvalue weighted by atomic mass is 9.93. The van der Waals surface area contributed by atoms with Gasteiger partial charge in [-0.15, -0.1) is 0 Å². The molecular formula is C12H24O2. The van der Waals surface area contributed by atoms with Crippen LogP contribution in [0.4, 0.5) is 0 Å². The summed E-state index contributed by atoms with van der Waals surface area (Å²) in [7, 11) is 0. The normalized spacial score (nSPS) is 15.1. The fourth-order valence-electron chi connectivity index (χ4n) is 1.36. The van der Waals surface area contributed by atoms with Crippen LogP contribution in [0.3, 0.4) is 0 Å². The van der Waals surface area contributed by atoms with Crippen molar-refractivity contribution in [3.8, 4) is 0 Å². The van der Waals surface area contributed by atoms with Crippen LogP contribution in [-0.4, -0.2) is 16.5 Å². The lowest BCUT2D eigenvalue weighted by molar-refractivity contribution is -0.136. The van der Waals surface area contributed by atoms with E-state index in [0.29, 0.717) is 12.8 Å². The predicted molar refractivity (Wildman–Crippen MR) is 59.3 cm³/mol. The monoisotopic (exact) mass is 200 g/mol. The van der Waals surface area contributed by atoms with E-state index in [4.69, 9.17) is 0 Å². The van der Waals surface area contributed by atoms with Gasteiger partial charge in [0.25, 0.3) is 0 Å². The Kier molecular flexibility index (Phi) is 6.81. The van der Waals surface area contributed by atoms with E-state index < -0.39 is 5.60 Å². The first-order valence-corrected chi connectivity index (χ1v) is 5.80. The van der Waals surface area contributed by atoms with Gasteiger partial charge in [-0.3, -0.25) is 4.79 Å². The highest BCUT2D eigenvalue weighted by atomic mass is 16.3. The van der Waals surface area contributed by atoms with E-state index in [0.717, 1.165) is 12.8 Å². The molecule has 0 spiro atoms. The van der Waals surface area contributed by atoms with Crippen LogP contribution in [0.1, 0.15) is 65.7 Å². The summed E-state index contributed by atoms with van der Waals surface area (Å²) in [6.07, 6.45) is 6.76. The van der Waals surface area contributed by atoms with E-state index in [1.54, 1.807) is 6.92 Å². The van der Waals surface area contributed by atoms with Crippen molar-refractivity contribution in [1.82, 2.24) is 0 Å². The van der Waals surface area contributed by atoms with E-state index in [1.807, 2.05) is 6.92 Å². The van der Waals surface area contributed by atoms with E-state index in [2.05, 4.69) is 6.92 Å². The van der Waals surface area contributed by atoms with Gasteiger partial charge in [0.2, 0.25) is 0 Å². The minimum Gasteiger partial charge on any atom is -0.382 e. The summed E-state index contributed by atoms with van der Waals surface area (Å²) >= 11 is 0. The van der Waals surface area contributed by atoms with Crippen molar-refractivity contribution in [1.29, 1.82) is 0 Å². The maximum Gasteiger partial charge on any atom is 0.164 e. The summed E-state index contributed by atoms with van der Waals surface area (Å²) in [5, 5.41) is 9.64. The average Bonchev–Trinajstić information content (AvgIpc) is 2.17. The minimum absolute atomic E-state index is 0.00324. The van der Waals surface area contributed by atoms with Gasteiger partial charge in [-0.25, -0.2) is 0 Å². The van der Waals surface area contributed by atoms with Crippen molar-refractivity contribution in [2.24, 2.45) is 0 Å². The molecule has 0 fully saturated rings. The highest BCUT2D eigenvalue weighted by Crippen LogP contribution is 2.15. The Hall–Kier alpha value is -0.370. The summed E-state index contributed by atoms with van der Waals surface area (Å²) in [6.45, 7) is 5.63. The van der Waals surface area contributed by atoms with Gasteiger partial charge in [-0.2, -0.15) is 0 Å². The molecule has 0 saturated carbocycles. The molecule has 0 aromatic rings. The Morgan fingerprint density at radius 1 is 1.14 bits per heavy atom. The number of carbonyl (C=O) groups excluding carboxylic acids is 1. The van der Waals surface area contributed by atoms with Gasteiger partial charge < -0.3 is 5.11 Å². The topological polar surface area (TPSA) is 37.3 Å². The van der Waals surface area contributed by atoms with E-state index in [9.17, 15) is 9.90 Å². The highest BCUT2D eigenvalue weighted by molar-refractivity contribution is 5.86. The zero-order chi connectivity index (χ0) is 11.0. The van der Waals surface area contributed by atoms with Crippen LogP contribution >= 0.6 is 0 Å². The number of Topliss-reactive ketones (excluding diaryl/α,β-unsaturated/α-hetero) is 1. The molecule has 1 unspecified atom stereocenters. The van der Waals surface area contributed by atoms with Crippen molar-refractivity contribution in [3.05, 3.63) is 0 Å². The van der Waals surface area contributed by atoms with E-state index in [-0.39, 0.29) is 5.78 Å². The van der Waals surface area contributed by atoms with Gasteiger partial charge >= 0.3 is 0 Å². The number of hydrogen-bond acceptors (Lipinski definition) is 2. The summed E-state index contributed by atoms with van der Waals surface area (Å²) in [4.78, 5) is 11.5. The first kappa shape index (κ1) is 13.6. The molecule has 14 heavy (non-hydrogen) atoms. The number of hydrogen-bond donors (Lipinski definition) is 1. The molecule has 0 amide bonds. The largest absolute Gasteiger partial charge is 0.382 e. The second-order valence-corrected chi connectivity index (χ2v) is 4.21. The van der Waals surface area contributed by atoms with Crippen molar-refractivity contribution < 1.29 is 9.90 Å². The second-order valence-electron chi connectivity index (χ2n) is 4.21. The molecule has 0 rings (SSSR count). The molecule has 0 aliphatic rings. The molecule has 0 aliphatic carbocycles. The first-order valence-electron chi connectivity index (χ1n) is 5.80. The lowest BCUT2D eigenvalue weighted by Crippen LogP contribution is -2.33. The number of ketones is 1. The van der Waals surface area contributed by atoms with Gasteiger partial charge in [-0.1, -0.05) is 39.5 Å². The molecule has 1 atom stereocenters. The molecule has 1 N–H and O–H groups in total. The molecule has 0 radical (unpaired) electrons. The number of unbranched alkanes of at least 4 members (excludes halogenated alkanes) is 4. The van der Waals surface area contributed by atoms with Crippen molar-refractivity contribution in [3.63, 3.8) is 0 Å². The van der Waals surface area contributed by atoms with Gasteiger partial charge in [0.15, 0.2) is 5.78 Å². The van der Waals surface area contributed by atoms with E-state index in [1.165, 1.54) is 19.3 Å². The van der Waals surface area contributed by atoms with Gasteiger partial charge in [-0.05, 0) is 19.8 Å². The van der Waals surface area contributed by atoms with Gasteiger partial charge in [0.1, 0.15) is 5.60 Å². The fraction of sp³-hybridized carbons (Fsp3) is 0.917. The van der Waals surface area contributed by atoms with Crippen molar-refractivity contribution >= 4 is 5.78 Å². The number of carbonyl (C=O) groups is 1. The molecule has 0 aliphatic heterocycles. The minimum atomic E-state index is -1.09. The molecule has 0 aromatic carbocycles.